The molecular formula is C12H26N2. The van der Waals surface area contributed by atoms with Gasteiger partial charge in [-0.25, -0.2) is 0 Å². The van der Waals surface area contributed by atoms with E-state index >= 15 is 0 Å². The third kappa shape index (κ3) is 4.97. The molecule has 0 spiro atoms. The lowest BCUT2D eigenvalue weighted by Gasteiger charge is -2.21. The van der Waals surface area contributed by atoms with Gasteiger partial charge in [-0.1, -0.05) is 26.2 Å². The Morgan fingerprint density at radius 1 is 1.07 bits per heavy atom. The minimum atomic E-state index is 0.434. The summed E-state index contributed by atoms with van der Waals surface area (Å²) in [6.45, 7) is 6.05. The Morgan fingerprint density at radius 2 is 1.71 bits per heavy atom. The monoisotopic (exact) mass is 198 g/mol. The van der Waals surface area contributed by atoms with Gasteiger partial charge in [0.15, 0.2) is 0 Å². The smallest absolute Gasteiger partial charge is 0.00509 e. The van der Waals surface area contributed by atoms with Gasteiger partial charge in [-0.05, 0) is 45.3 Å². The van der Waals surface area contributed by atoms with Crippen LogP contribution in [0.1, 0.15) is 51.9 Å². The predicted octanol–water partition coefficient (Wildman–Crippen LogP) is 2.38. The molecule has 1 unspecified atom stereocenters. The van der Waals surface area contributed by atoms with Crippen LogP contribution in [0, 0.1) is 0 Å². The summed E-state index contributed by atoms with van der Waals surface area (Å²) in [5.74, 6) is 0. The van der Waals surface area contributed by atoms with Crippen LogP contribution in [0.3, 0.4) is 0 Å². The largest absolute Gasteiger partial charge is 0.328 e. The third-order valence-electron chi connectivity index (χ3n) is 3.17. The Labute approximate surface area is 88.8 Å². The third-order valence-corrected chi connectivity index (χ3v) is 3.17. The molecule has 0 aromatic rings. The summed E-state index contributed by atoms with van der Waals surface area (Å²) >= 11 is 0. The highest BCUT2D eigenvalue weighted by Crippen LogP contribution is 2.10. The number of hydrogen-bond donors (Lipinski definition) is 1. The number of likely N-dealkylation sites (tertiary alicyclic amines) is 1. The second-order valence-electron chi connectivity index (χ2n) is 4.59. The molecule has 0 aromatic carbocycles. The van der Waals surface area contributed by atoms with Crippen molar-refractivity contribution in [1.29, 1.82) is 0 Å². The fourth-order valence-electron chi connectivity index (χ4n) is 2.22. The molecular weight excluding hydrogens is 172 g/mol. The average Bonchev–Trinajstić information content (AvgIpc) is 2.43. The van der Waals surface area contributed by atoms with Gasteiger partial charge in [0.25, 0.3) is 0 Å². The van der Waals surface area contributed by atoms with E-state index in [0.29, 0.717) is 6.04 Å². The van der Waals surface area contributed by atoms with Crippen LogP contribution in [0.2, 0.25) is 0 Å². The van der Waals surface area contributed by atoms with Gasteiger partial charge in [0, 0.05) is 6.04 Å². The highest BCUT2D eigenvalue weighted by molar-refractivity contribution is 4.67. The fourth-order valence-corrected chi connectivity index (χ4v) is 2.22. The first-order valence-electron chi connectivity index (χ1n) is 6.31. The van der Waals surface area contributed by atoms with Crippen molar-refractivity contribution in [2.24, 2.45) is 5.73 Å². The summed E-state index contributed by atoms with van der Waals surface area (Å²) in [4.78, 5) is 2.60. The molecule has 1 rings (SSSR count). The number of rotatable bonds is 5. The van der Waals surface area contributed by atoms with Crippen LogP contribution in [0.15, 0.2) is 0 Å². The maximum absolute atomic E-state index is 6.01. The molecule has 0 radical (unpaired) electrons. The van der Waals surface area contributed by atoms with Crippen molar-refractivity contribution >= 4 is 0 Å². The summed E-state index contributed by atoms with van der Waals surface area (Å²) in [7, 11) is 0. The molecule has 2 heteroatoms. The maximum Gasteiger partial charge on any atom is 0.00509 e. The Balaban J connectivity index is 2.09. The normalized spacial score (nSPS) is 21.9. The Morgan fingerprint density at radius 3 is 2.29 bits per heavy atom. The molecule has 2 nitrogen and oxygen atoms in total. The van der Waals surface area contributed by atoms with Gasteiger partial charge in [0.1, 0.15) is 0 Å². The van der Waals surface area contributed by atoms with Gasteiger partial charge in [-0.3, -0.25) is 0 Å². The van der Waals surface area contributed by atoms with E-state index in [-0.39, 0.29) is 0 Å². The molecule has 0 saturated carbocycles. The maximum atomic E-state index is 6.01. The standard InChI is InChI=1S/C12H26N2/c1-2-7-12(13)8-11-14-9-5-3-4-6-10-14/h12H,2-11,13H2,1H3. The SMILES string of the molecule is CCCC(N)CCN1CCCCCC1. The minimum Gasteiger partial charge on any atom is -0.328 e. The molecule has 84 valence electrons. The van der Waals surface area contributed by atoms with Crippen molar-refractivity contribution < 1.29 is 0 Å². The quantitative estimate of drug-likeness (QED) is 0.735. The van der Waals surface area contributed by atoms with Crippen molar-refractivity contribution in [1.82, 2.24) is 4.90 Å². The Bertz CT molecular complexity index is 128. The molecule has 0 aromatic heterocycles. The first-order chi connectivity index (χ1) is 6.83. The zero-order chi connectivity index (χ0) is 10.2. The van der Waals surface area contributed by atoms with Crippen LogP contribution in [-0.4, -0.2) is 30.6 Å². The lowest BCUT2D eigenvalue weighted by atomic mass is 10.1. The molecule has 0 amide bonds. The molecule has 1 saturated heterocycles. The Hall–Kier alpha value is -0.0800. The van der Waals surface area contributed by atoms with Crippen LogP contribution in [0.25, 0.3) is 0 Å². The second-order valence-corrected chi connectivity index (χ2v) is 4.59. The zero-order valence-corrected chi connectivity index (χ0v) is 9.67. The van der Waals surface area contributed by atoms with E-state index < -0.39 is 0 Å². The first kappa shape index (κ1) is 12.0. The number of nitrogens with zero attached hydrogens (tertiary/aromatic N) is 1. The molecule has 2 N–H and O–H groups in total. The molecule has 1 aliphatic heterocycles. The van der Waals surface area contributed by atoms with Crippen LogP contribution in [-0.2, 0) is 0 Å². The summed E-state index contributed by atoms with van der Waals surface area (Å²) < 4.78 is 0. The molecule has 0 bridgehead atoms. The van der Waals surface area contributed by atoms with Gasteiger partial charge in [0.2, 0.25) is 0 Å². The molecule has 1 fully saturated rings. The van der Waals surface area contributed by atoms with E-state index in [1.807, 2.05) is 0 Å². The van der Waals surface area contributed by atoms with E-state index in [1.165, 1.54) is 64.6 Å². The fraction of sp³-hybridized carbons (Fsp3) is 1.00. The van der Waals surface area contributed by atoms with Gasteiger partial charge in [-0.2, -0.15) is 0 Å². The molecule has 1 aliphatic rings. The van der Waals surface area contributed by atoms with Gasteiger partial charge >= 0.3 is 0 Å². The summed E-state index contributed by atoms with van der Waals surface area (Å²) in [6.07, 6.45) is 9.24. The van der Waals surface area contributed by atoms with Crippen LogP contribution in [0.5, 0.6) is 0 Å². The predicted molar refractivity (Wildman–Crippen MR) is 62.4 cm³/mol. The lowest BCUT2D eigenvalue weighted by molar-refractivity contribution is 0.271. The van der Waals surface area contributed by atoms with Gasteiger partial charge in [0.05, 0.1) is 0 Å². The number of hydrogen-bond acceptors (Lipinski definition) is 2. The highest BCUT2D eigenvalue weighted by atomic mass is 15.1. The molecule has 14 heavy (non-hydrogen) atoms. The molecule has 0 aliphatic carbocycles. The highest BCUT2D eigenvalue weighted by Gasteiger charge is 2.10. The van der Waals surface area contributed by atoms with E-state index in [9.17, 15) is 0 Å². The van der Waals surface area contributed by atoms with Gasteiger partial charge < -0.3 is 10.6 Å². The van der Waals surface area contributed by atoms with Gasteiger partial charge in [-0.15, -0.1) is 0 Å². The zero-order valence-electron chi connectivity index (χ0n) is 9.67. The van der Waals surface area contributed by atoms with E-state index in [4.69, 9.17) is 5.73 Å². The Kier molecular flexibility index (Phi) is 6.20. The minimum absolute atomic E-state index is 0.434. The van der Waals surface area contributed by atoms with Crippen LogP contribution in [0.4, 0.5) is 0 Å². The summed E-state index contributed by atoms with van der Waals surface area (Å²) in [6, 6.07) is 0.434. The van der Waals surface area contributed by atoms with Crippen molar-refractivity contribution in [2.75, 3.05) is 19.6 Å². The van der Waals surface area contributed by atoms with Crippen LogP contribution >= 0.6 is 0 Å². The molecule has 1 atom stereocenters. The summed E-state index contributed by atoms with van der Waals surface area (Å²) in [5.41, 5.74) is 6.01. The van der Waals surface area contributed by atoms with Crippen molar-refractivity contribution in [3.8, 4) is 0 Å². The average molecular weight is 198 g/mol. The summed E-state index contributed by atoms with van der Waals surface area (Å²) in [5, 5.41) is 0. The van der Waals surface area contributed by atoms with Crippen molar-refractivity contribution in [3.63, 3.8) is 0 Å². The van der Waals surface area contributed by atoms with E-state index in [1.54, 1.807) is 0 Å². The number of nitrogens with two attached hydrogens (primary N) is 1. The topological polar surface area (TPSA) is 29.3 Å². The van der Waals surface area contributed by atoms with Crippen molar-refractivity contribution in [2.45, 2.75) is 57.9 Å². The van der Waals surface area contributed by atoms with Crippen LogP contribution < -0.4 is 5.73 Å². The van der Waals surface area contributed by atoms with Crippen molar-refractivity contribution in [3.05, 3.63) is 0 Å². The molecule has 1 heterocycles. The van der Waals surface area contributed by atoms with E-state index in [2.05, 4.69) is 11.8 Å². The van der Waals surface area contributed by atoms with E-state index in [0.717, 1.165) is 0 Å². The lowest BCUT2D eigenvalue weighted by Crippen LogP contribution is -2.31. The second kappa shape index (κ2) is 7.24. The first-order valence-corrected chi connectivity index (χ1v) is 6.31.